The summed E-state index contributed by atoms with van der Waals surface area (Å²) in [6, 6.07) is 0. The van der Waals surface area contributed by atoms with Crippen molar-refractivity contribution in [3.05, 3.63) is 0 Å². The van der Waals surface area contributed by atoms with E-state index in [2.05, 4.69) is 16.1 Å². The Kier molecular flexibility index (Phi) is 3.00. The number of amides is 1. The Morgan fingerprint density at radius 3 is 2.45 bits per heavy atom. The quantitative estimate of drug-likeness (QED) is 0.738. The van der Waals surface area contributed by atoms with Crippen LogP contribution in [0.3, 0.4) is 0 Å². The molecular formula is C14H17N3O3. The molecule has 3 aliphatic rings. The van der Waals surface area contributed by atoms with E-state index in [1.165, 1.54) is 0 Å². The normalized spacial score (nSPS) is 31.6. The predicted molar refractivity (Wildman–Crippen MR) is 69.6 cm³/mol. The minimum atomic E-state index is -0.726. The molecule has 3 atom stereocenters. The fourth-order valence-corrected chi connectivity index (χ4v) is 3.23. The Balaban J connectivity index is 1.42. The van der Waals surface area contributed by atoms with E-state index < -0.39 is 11.6 Å². The maximum absolute atomic E-state index is 12.1. The number of carboxylic acids is 1. The van der Waals surface area contributed by atoms with Gasteiger partial charge >= 0.3 is 5.97 Å². The van der Waals surface area contributed by atoms with Gasteiger partial charge in [-0.25, -0.2) is 0 Å². The predicted octanol–water partition coefficient (Wildman–Crippen LogP) is 1.13. The molecule has 0 aromatic heterocycles. The zero-order valence-corrected chi connectivity index (χ0v) is 11.2. The molecule has 0 spiro atoms. The zero-order chi connectivity index (χ0) is 14.3. The Morgan fingerprint density at radius 1 is 1.30 bits per heavy atom. The Morgan fingerprint density at radius 2 is 1.95 bits per heavy atom. The van der Waals surface area contributed by atoms with Gasteiger partial charge in [-0.1, -0.05) is 0 Å². The van der Waals surface area contributed by atoms with Gasteiger partial charge in [0, 0.05) is 38.8 Å². The summed E-state index contributed by atoms with van der Waals surface area (Å²) in [5.41, 5.74) is -0.408. The van der Waals surface area contributed by atoms with Crippen LogP contribution in [0.5, 0.6) is 0 Å². The minimum absolute atomic E-state index is 0.0821. The van der Waals surface area contributed by atoms with Gasteiger partial charge in [0.2, 0.25) is 5.91 Å². The first kappa shape index (κ1) is 13.1. The van der Waals surface area contributed by atoms with Crippen LogP contribution in [0.15, 0.2) is 10.2 Å². The third-order valence-electron chi connectivity index (χ3n) is 4.62. The van der Waals surface area contributed by atoms with Crippen molar-refractivity contribution in [1.29, 1.82) is 0 Å². The van der Waals surface area contributed by atoms with Crippen molar-refractivity contribution in [2.75, 3.05) is 13.1 Å². The number of nitrogens with zero attached hydrogens (tertiary/aromatic N) is 3. The first-order chi connectivity index (χ1) is 9.56. The average molecular weight is 275 g/mol. The summed E-state index contributed by atoms with van der Waals surface area (Å²) < 4.78 is 0. The van der Waals surface area contributed by atoms with Crippen molar-refractivity contribution in [3.8, 4) is 12.3 Å². The van der Waals surface area contributed by atoms with Gasteiger partial charge in [-0.2, -0.15) is 10.2 Å². The number of hydrogen-bond donors (Lipinski definition) is 1. The molecule has 0 aromatic rings. The first-order valence-electron chi connectivity index (χ1n) is 6.94. The third-order valence-corrected chi connectivity index (χ3v) is 4.62. The second kappa shape index (κ2) is 4.58. The van der Waals surface area contributed by atoms with E-state index in [9.17, 15) is 9.59 Å². The Labute approximate surface area is 117 Å². The summed E-state index contributed by atoms with van der Waals surface area (Å²) in [5, 5.41) is 17.0. The lowest BCUT2D eigenvalue weighted by atomic mass is 10.0. The molecule has 106 valence electrons. The fourth-order valence-electron chi connectivity index (χ4n) is 3.23. The van der Waals surface area contributed by atoms with Crippen LogP contribution in [-0.2, 0) is 9.59 Å². The number of rotatable bonds is 6. The number of hydrogen-bond acceptors (Lipinski definition) is 4. The third kappa shape index (κ3) is 2.28. The van der Waals surface area contributed by atoms with Crippen molar-refractivity contribution in [2.24, 2.45) is 28.0 Å². The van der Waals surface area contributed by atoms with Gasteiger partial charge in [-0.3, -0.25) is 9.59 Å². The molecule has 1 unspecified atom stereocenters. The van der Waals surface area contributed by atoms with Crippen LogP contribution in [0.2, 0.25) is 0 Å². The Bertz CT molecular complexity index is 504. The largest absolute Gasteiger partial charge is 0.481 e. The van der Waals surface area contributed by atoms with Crippen molar-refractivity contribution in [2.45, 2.75) is 31.3 Å². The lowest BCUT2D eigenvalue weighted by Gasteiger charge is -2.19. The second-order valence-corrected chi connectivity index (χ2v) is 5.88. The molecule has 1 amide bonds. The zero-order valence-electron chi connectivity index (χ0n) is 11.2. The molecule has 1 saturated heterocycles. The highest BCUT2D eigenvalue weighted by atomic mass is 16.4. The van der Waals surface area contributed by atoms with E-state index in [1.807, 2.05) is 0 Å². The molecule has 0 radical (unpaired) electrons. The number of piperidine rings is 1. The summed E-state index contributed by atoms with van der Waals surface area (Å²) in [6.07, 6.45) is 7.58. The standard InChI is InChI=1S/C14H17N3O3/c1-2-3-5-14(15-16-14)6-4-11(18)17-7-9-10(8-17)12(9)13(19)20/h1,9-10,12H,3-8H2,(H,19,20)/t9-,10+,12?. The molecule has 1 aliphatic carbocycles. The summed E-state index contributed by atoms with van der Waals surface area (Å²) in [6.45, 7) is 1.18. The van der Waals surface area contributed by atoms with E-state index in [4.69, 9.17) is 11.5 Å². The summed E-state index contributed by atoms with van der Waals surface area (Å²) in [5.74, 6) is 2.03. The van der Waals surface area contributed by atoms with E-state index in [0.717, 1.165) is 0 Å². The van der Waals surface area contributed by atoms with Gasteiger partial charge in [-0.15, -0.1) is 12.3 Å². The highest BCUT2D eigenvalue weighted by molar-refractivity contribution is 5.79. The van der Waals surface area contributed by atoms with Gasteiger partial charge in [-0.05, 0) is 11.8 Å². The highest BCUT2D eigenvalue weighted by Crippen LogP contribution is 2.52. The van der Waals surface area contributed by atoms with Crippen LogP contribution < -0.4 is 0 Å². The summed E-state index contributed by atoms with van der Waals surface area (Å²) >= 11 is 0. The van der Waals surface area contributed by atoms with Crippen molar-refractivity contribution in [3.63, 3.8) is 0 Å². The van der Waals surface area contributed by atoms with Crippen LogP contribution >= 0.6 is 0 Å². The van der Waals surface area contributed by atoms with Crippen molar-refractivity contribution in [1.82, 2.24) is 4.90 Å². The molecule has 3 rings (SSSR count). The van der Waals surface area contributed by atoms with E-state index in [1.54, 1.807) is 4.90 Å². The van der Waals surface area contributed by atoms with Gasteiger partial charge in [0.1, 0.15) is 0 Å². The molecule has 1 N–H and O–H groups in total. The van der Waals surface area contributed by atoms with E-state index >= 15 is 0 Å². The van der Waals surface area contributed by atoms with Crippen LogP contribution in [0.25, 0.3) is 0 Å². The number of terminal acetylenes is 1. The monoisotopic (exact) mass is 275 g/mol. The van der Waals surface area contributed by atoms with Crippen LogP contribution in [0.4, 0.5) is 0 Å². The fraction of sp³-hybridized carbons (Fsp3) is 0.714. The molecule has 6 heteroatoms. The summed E-state index contributed by atoms with van der Waals surface area (Å²) in [4.78, 5) is 24.7. The van der Waals surface area contributed by atoms with Gasteiger partial charge < -0.3 is 10.0 Å². The van der Waals surface area contributed by atoms with Crippen LogP contribution in [0.1, 0.15) is 25.7 Å². The lowest BCUT2D eigenvalue weighted by Crippen LogP contribution is -2.33. The molecule has 2 fully saturated rings. The van der Waals surface area contributed by atoms with Crippen LogP contribution in [-0.4, -0.2) is 40.6 Å². The molecule has 2 heterocycles. The van der Waals surface area contributed by atoms with Crippen LogP contribution in [0, 0.1) is 30.1 Å². The van der Waals surface area contributed by atoms with Crippen molar-refractivity contribution >= 4 is 11.9 Å². The highest BCUT2D eigenvalue weighted by Gasteiger charge is 2.60. The average Bonchev–Trinajstić information content (AvgIpc) is 3.31. The number of carbonyl (C=O) groups excluding carboxylic acids is 1. The minimum Gasteiger partial charge on any atom is -0.481 e. The maximum atomic E-state index is 12.1. The van der Waals surface area contributed by atoms with Gasteiger partial charge in [0.15, 0.2) is 5.66 Å². The second-order valence-electron chi connectivity index (χ2n) is 5.88. The lowest BCUT2D eigenvalue weighted by molar-refractivity contribution is -0.141. The van der Waals surface area contributed by atoms with Crippen molar-refractivity contribution < 1.29 is 14.7 Å². The van der Waals surface area contributed by atoms with E-state index in [-0.39, 0.29) is 23.7 Å². The molecule has 2 aliphatic heterocycles. The topological polar surface area (TPSA) is 82.3 Å². The molecule has 0 bridgehead atoms. The Hall–Kier alpha value is -1.90. The molecule has 1 saturated carbocycles. The number of aliphatic carboxylic acids is 1. The van der Waals surface area contributed by atoms with Gasteiger partial charge in [0.05, 0.1) is 5.92 Å². The molecule has 6 nitrogen and oxygen atoms in total. The molecule has 20 heavy (non-hydrogen) atoms. The van der Waals surface area contributed by atoms with Gasteiger partial charge in [0.25, 0.3) is 0 Å². The number of carbonyl (C=O) groups is 2. The number of fused-ring (bicyclic) bond motifs is 1. The van der Waals surface area contributed by atoms with E-state index in [0.29, 0.717) is 38.8 Å². The number of carboxylic acid groups (broad SMARTS) is 1. The smallest absolute Gasteiger partial charge is 0.307 e. The SMILES string of the molecule is C#CCCC1(CCC(=O)N2C[C@@H]3C(C(=O)O)[C@@H]3C2)N=N1. The maximum Gasteiger partial charge on any atom is 0.307 e. The summed E-state index contributed by atoms with van der Waals surface area (Å²) in [7, 11) is 0. The number of likely N-dealkylation sites (tertiary alicyclic amines) is 1. The molecular weight excluding hydrogens is 258 g/mol. The molecule has 0 aromatic carbocycles. The first-order valence-corrected chi connectivity index (χ1v) is 6.94.